The number of carbonyl (C=O) groups excluding carboxylic acids is 1. The molecule has 4 nitrogen and oxygen atoms in total. The molecule has 2 atom stereocenters. The van der Waals surface area contributed by atoms with Gasteiger partial charge in [0.25, 0.3) is 5.91 Å². The van der Waals surface area contributed by atoms with E-state index in [2.05, 4.69) is 33.5 Å². The first-order chi connectivity index (χ1) is 9.04. The van der Waals surface area contributed by atoms with E-state index in [0.717, 1.165) is 28.7 Å². The minimum atomic E-state index is -0.0452. The van der Waals surface area contributed by atoms with Gasteiger partial charge in [0.2, 0.25) is 0 Å². The lowest BCUT2D eigenvalue weighted by Gasteiger charge is -2.30. The second-order valence-corrected chi connectivity index (χ2v) is 6.82. The second kappa shape index (κ2) is 7.64. The van der Waals surface area contributed by atoms with Crippen LogP contribution in [0, 0.1) is 6.92 Å². The van der Waals surface area contributed by atoms with Crippen molar-refractivity contribution in [3.05, 3.63) is 14.2 Å². The molecule has 2 heterocycles. The summed E-state index contributed by atoms with van der Waals surface area (Å²) >= 11 is 4.92. The molecule has 7 heteroatoms. The molecule has 0 aliphatic carbocycles. The van der Waals surface area contributed by atoms with Crippen LogP contribution in [0.15, 0.2) is 4.47 Å². The van der Waals surface area contributed by atoms with Gasteiger partial charge in [-0.15, -0.1) is 23.7 Å². The van der Waals surface area contributed by atoms with E-state index in [4.69, 9.17) is 4.74 Å². The molecule has 2 N–H and O–H groups in total. The zero-order valence-corrected chi connectivity index (χ0v) is 15.0. The molecule has 1 fully saturated rings. The predicted molar refractivity (Wildman–Crippen MR) is 88.5 cm³/mol. The SMILES string of the molecule is COc1c(C(=O)NC2CCCNC2C)sc(C)c1Br.Cl. The monoisotopic (exact) mass is 382 g/mol. The molecule has 0 aromatic carbocycles. The molecular formula is C13H20BrClN2O2S. The Bertz CT molecular complexity index is 481. The van der Waals surface area contributed by atoms with Crippen LogP contribution in [0.1, 0.15) is 34.3 Å². The smallest absolute Gasteiger partial charge is 0.265 e. The molecule has 1 aliphatic heterocycles. The Morgan fingerprint density at radius 2 is 2.25 bits per heavy atom. The van der Waals surface area contributed by atoms with Crippen molar-refractivity contribution in [1.29, 1.82) is 0 Å². The van der Waals surface area contributed by atoms with Gasteiger partial charge >= 0.3 is 0 Å². The van der Waals surface area contributed by atoms with Crippen LogP contribution >= 0.6 is 39.7 Å². The molecule has 0 saturated carbocycles. The van der Waals surface area contributed by atoms with Crippen LogP contribution in [0.25, 0.3) is 0 Å². The predicted octanol–water partition coefficient (Wildman–Crippen LogP) is 3.12. The molecule has 1 aliphatic rings. The highest BCUT2D eigenvalue weighted by atomic mass is 79.9. The normalized spacial score (nSPS) is 22.0. The summed E-state index contributed by atoms with van der Waals surface area (Å²) in [7, 11) is 1.59. The minimum absolute atomic E-state index is 0. The third kappa shape index (κ3) is 3.67. The van der Waals surface area contributed by atoms with Crippen molar-refractivity contribution in [3.63, 3.8) is 0 Å². The van der Waals surface area contributed by atoms with Gasteiger partial charge in [-0.1, -0.05) is 0 Å². The number of halogens is 2. The van der Waals surface area contributed by atoms with E-state index in [9.17, 15) is 4.79 Å². The summed E-state index contributed by atoms with van der Waals surface area (Å²) in [4.78, 5) is 14.1. The molecule has 1 aromatic heterocycles. The van der Waals surface area contributed by atoms with Gasteiger partial charge in [-0.3, -0.25) is 4.79 Å². The number of nitrogens with one attached hydrogen (secondary N) is 2. The summed E-state index contributed by atoms with van der Waals surface area (Å²) < 4.78 is 6.20. The van der Waals surface area contributed by atoms with E-state index in [1.807, 2.05) is 6.92 Å². The molecule has 2 unspecified atom stereocenters. The molecule has 2 rings (SSSR count). The van der Waals surface area contributed by atoms with Gasteiger partial charge in [-0.2, -0.15) is 0 Å². The number of amides is 1. The van der Waals surface area contributed by atoms with E-state index in [0.29, 0.717) is 16.7 Å². The number of hydrogen-bond acceptors (Lipinski definition) is 4. The summed E-state index contributed by atoms with van der Waals surface area (Å²) in [6, 6.07) is 0.500. The van der Waals surface area contributed by atoms with Gasteiger partial charge in [0.1, 0.15) is 4.88 Å². The first kappa shape index (κ1) is 17.8. The quantitative estimate of drug-likeness (QED) is 0.843. The Balaban J connectivity index is 0.00000200. The topological polar surface area (TPSA) is 50.4 Å². The van der Waals surface area contributed by atoms with Crippen molar-refractivity contribution in [2.75, 3.05) is 13.7 Å². The fourth-order valence-electron chi connectivity index (χ4n) is 2.31. The fourth-order valence-corrected chi connectivity index (χ4v) is 3.96. The van der Waals surface area contributed by atoms with Crippen LogP contribution in [0.2, 0.25) is 0 Å². The highest BCUT2D eigenvalue weighted by Gasteiger charge is 2.26. The van der Waals surface area contributed by atoms with Gasteiger partial charge in [0.05, 0.1) is 11.6 Å². The van der Waals surface area contributed by atoms with Crippen LogP contribution in [-0.2, 0) is 0 Å². The van der Waals surface area contributed by atoms with Crippen molar-refractivity contribution >= 4 is 45.6 Å². The van der Waals surface area contributed by atoms with E-state index in [1.54, 1.807) is 7.11 Å². The molecular weight excluding hydrogens is 364 g/mol. The Labute approximate surface area is 138 Å². The van der Waals surface area contributed by atoms with Crippen LogP contribution in [0.3, 0.4) is 0 Å². The van der Waals surface area contributed by atoms with Gasteiger partial charge in [0, 0.05) is 17.0 Å². The second-order valence-electron chi connectivity index (χ2n) is 4.80. The van der Waals surface area contributed by atoms with E-state index in [-0.39, 0.29) is 24.4 Å². The lowest BCUT2D eigenvalue weighted by atomic mass is 10.00. The van der Waals surface area contributed by atoms with Gasteiger partial charge in [-0.25, -0.2) is 0 Å². The maximum absolute atomic E-state index is 12.4. The summed E-state index contributed by atoms with van der Waals surface area (Å²) in [6.45, 7) is 5.11. The van der Waals surface area contributed by atoms with Crippen molar-refractivity contribution in [2.45, 2.75) is 38.8 Å². The number of piperidine rings is 1. The molecule has 114 valence electrons. The molecule has 20 heavy (non-hydrogen) atoms. The number of hydrogen-bond donors (Lipinski definition) is 2. The zero-order valence-electron chi connectivity index (χ0n) is 11.8. The standard InChI is InChI=1S/C13H19BrN2O2S.ClH/c1-7-9(5-4-6-15-7)16-13(17)12-11(18-3)10(14)8(2)19-12;/h7,9,15H,4-6H2,1-3H3,(H,16,17);1H. The third-order valence-corrected chi connectivity index (χ3v) is 5.76. The Kier molecular flexibility index (Phi) is 6.78. The Morgan fingerprint density at radius 3 is 2.85 bits per heavy atom. The average molecular weight is 384 g/mol. The maximum atomic E-state index is 12.4. The van der Waals surface area contributed by atoms with Gasteiger partial charge in [-0.05, 0) is 49.2 Å². The number of ether oxygens (including phenoxy) is 1. The molecule has 1 saturated heterocycles. The van der Waals surface area contributed by atoms with Crippen LogP contribution in [0.5, 0.6) is 5.75 Å². The Hall–Kier alpha value is -0.300. The number of rotatable bonds is 3. The number of thiophene rings is 1. The van der Waals surface area contributed by atoms with Crippen LogP contribution in [-0.4, -0.2) is 31.6 Å². The zero-order chi connectivity index (χ0) is 14.0. The van der Waals surface area contributed by atoms with E-state index < -0.39 is 0 Å². The molecule has 0 spiro atoms. The highest BCUT2D eigenvalue weighted by Crippen LogP contribution is 2.39. The number of carbonyl (C=O) groups is 1. The maximum Gasteiger partial charge on any atom is 0.265 e. The van der Waals surface area contributed by atoms with Crippen molar-refractivity contribution in [2.24, 2.45) is 0 Å². The lowest BCUT2D eigenvalue weighted by Crippen LogP contribution is -2.51. The van der Waals surface area contributed by atoms with Gasteiger partial charge in [0.15, 0.2) is 5.75 Å². The first-order valence-electron chi connectivity index (χ1n) is 6.41. The first-order valence-corrected chi connectivity index (χ1v) is 8.02. The molecule has 0 radical (unpaired) electrons. The largest absolute Gasteiger partial charge is 0.494 e. The summed E-state index contributed by atoms with van der Waals surface area (Å²) in [5, 5.41) is 6.49. The van der Waals surface area contributed by atoms with Gasteiger partial charge < -0.3 is 15.4 Å². The summed E-state index contributed by atoms with van der Waals surface area (Å²) in [6.07, 6.45) is 2.12. The van der Waals surface area contributed by atoms with E-state index >= 15 is 0 Å². The fraction of sp³-hybridized carbons (Fsp3) is 0.615. The lowest BCUT2D eigenvalue weighted by molar-refractivity contribution is 0.0921. The minimum Gasteiger partial charge on any atom is -0.494 e. The van der Waals surface area contributed by atoms with Crippen LogP contribution in [0.4, 0.5) is 0 Å². The highest BCUT2D eigenvalue weighted by molar-refractivity contribution is 9.10. The number of aryl methyl sites for hydroxylation is 1. The van der Waals surface area contributed by atoms with Crippen LogP contribution < -0.4 is 15.4 Å². The van der Waals surface area contributed by atoms with Crippen molar-refractivity contribution in [3.8, 4) is 5.75 Å². The van der Waals surface area contributed by atoms with E-state index in [1.165, 1.54) is 11.3 Å². The molecule has 1 aromatic rings. The van der Waals surface area contributed by atoms with Crippen molar-refractivity contribution < 1.29 is 9.53 Å². The number of methoxy groups -OCH3 is 1. The molecule has 1 amide bonds. The third-order valence-electron chi connectivity index (χ3n) is 3.46. The summed E-state index contributed by atoms with van der Waals surface area (Å²) in [5.41, 5.74) is 0. The molecule has 0 bridgehead atoms. The van der Waals surface area contributed by atoms with Crippen molar-refractivity contribution in [1.82, 2.24) is 10.6 Å². The average Bonchev–Trinajstić information content (AvgIpc) is 2.68. The Morgan fingerprint density at radius 1 is 1.55 bits per heavy atom. The summed E-state index contributed by atoms with van der Waals surface area (Å²) in [5.74, 6) is 0.590.